The Morgan fingerprint density at radius 3 is 0.968 bits per heavy atom. The van der Waals surface area contributed by atoms with Gasteiger partial charge in [-0.1, -0.05) is 164 Å². The molecule has 298 valence electrons. The fraction of sp³-hybridized carbons (Fsp3) is 0. The molecule has 0 N–H and O–H groups in total. The lowest BCUT2D eigenvalue weighted by Crippen LogP contribution is -2.09. The van der Waals surface area contributed by atoms with E-state index in [-0.39, 0.29) is 0 Å². The van der Waals surface area contributed by atoms with Crippen molar-refractivity contribution in [3.63, 3.8) is 0 Å². The van der Waals surface area contributed by atoms with Gasteiger partial charge >= 0.3 is 0 Å². The van der Waals surface area contributed by atoms with Crippen molar-refractivity contribution in [3.8, 4) is 43.1 Å². The van der Waals surface area contributed by atoms with Crippen LogP contribution < -0.4 is 9.80 Å². The minimum Gasteiger partial charge on any atom is -0.311 e. The maximum atomic E-state index is 2.43. The first kappa shape index (κ1) is 38.0. The van der Waals surface area contributed by atoms with Crippen molar-refractivity contribution in [1.29, 1.82) is 0 Å². The Hall–Kier alpha value is -7.98. The average Bonchev–Trinajstić information content (AvgIpc) is 3.86. The van der Waals surface area contributed by atoms with Crippen LogP contribution in [0.25, 0.3) is 64.7 Å². The van der Waals surface area contributed by atoms with E-state index < -0.39 is 0 Å². The summed E-state index contributed by atoms with van der Waals surface area (Å²) in [5.41, 5.74) is 14.0. The molecule has 0 spiro atoms. The first-order valence-corrected chi connectivity index (χ1v) is 22.2. The molecule has 0 aliphatic carbocycles. The quantitative estimate of drug-likeness (QED) is 0.127. The summed E-state index contributed by atoms with van der Waals surface area (Å²) in [6.07, 6.45) is 0. The van der Waals surface area contributed by atoms with E-state index in [4.69, 9.17) is 0 Å². The summed E-state index contributed by atoms with van der Waals surface area (Å²) in [4.78, 5) is 7.16. The zero-order valence-corrected chi connectivity index (χ0v) is 35.4. The Morgan fingerprint density at radius 2 is 0.540 bits per heavy atom. The number of rotatable bonds is 10. The molecule has 10 aromatic carbocycles. The van der Waals surface area contributed by atoms with E-state index in [9.17, 15) is 0 Å². The third-order valence-corrected chi connectivity index (χ3v) is 13.0. The van der Waals surface area contributed by atoms with Gasteiger partial charge in [0.2, 0.25) is 0 Å². The lowest BCUT2D eigenvalue weighted by Gasteiger charge is -2.26. The molecule has 0 radical (unpaired) electrons. The highest BCUT2D eigenvalue weighted by atomic mass is 32.1. The fourth-order valence-electron chi connectivity index (χ4n) is 8.96. The average molecular weight is 823 g/mol. The molecule has 63 heavy (non-hydrogen) atoms. The van der Waals surface area contributed by atoms with Gasteiger partial charge in [0, 0.05) is 43.9 Å². The summed E-state index contributed by atoms with van der Waals surface area (Å²) < 4.78 is 0. The predicted octanol–water partition coefficient (Wildman–Crippen LogP) is 17.7. The van der Waals surface area contributed by atoms with Gasteiger partial charge in [0.15, 0.2) is 0 Å². The lowest BCUT2D eigenvalue weighted by molar-refractivity contribution is 1.28. The van der Waals surface area contributed by atoms with Crippen molar-refractivity contribution in [2.24, 2.45) is 0 Å². The van der Waals surface area contributed by atoms with Crippen LogP contribution in [0, 0.1) is 0 Å². The summed E-state index contributed by atoms with van der Waals surface area (Å²) >= 11 is 1.84. The SMILES string of the molecule is c1ccc(-c2ccc(-c3ccc4c(-c5ccc(N(c6ccccc6)c6ccccc6)cc5)c5ccccc5c(-c5ccc(N(c6ccccc6)c6ccccc6)cc5)c4c3)s2)cc1. The van der Waals surface area contributed by atoms with Crippen molar-refractivity contribution < 1.29 is 0 Å². The maximum absolute atomic E-state index is 2.43. The van der Waals surface area contributed by atoms with Crippen LogP contribution >= 0.6 is 11.3 Å². The molecular weight excluding hydrogens is 781 g/mol. The van der Waals surface area contributed by atoms with E-state index in [0.717, 1.165) is 34.1 Å². The molecule has 0 bridgehead atoms. The summed E-state index contributed by atoms with van der Waals surface area (Å²) in [7, 11) is 0. The lowest BCUT2D eigenvalue weighted by atomic mass is 9.85. The molecule has 3 heteroatoms. The fourth-order valence-corrected chi connectivity index (χ4v) is 9.97. The van der Waals surface area contributed by atoms with Crippen molar-refractivity contribution in [1.82, 2.24) is 0 Å². The molecular formula is C60H42N2S. The molecule has 11 rings (SSSR count). The standard InChI is InChI=1S/C60H42N2S/c1-6-18-43(19-7-1)57-40-41-58(63-57)46-34-39-55-56(42-46)60(45-32-37-52(38-33-45)62(49-24-12-4-13-25-49)50-26-14-5-15-27-50)54-29-17-16-28-53(54)59(55)44-30-35-51(36-31-44)61(47-20-8-2-9-21-47)48-22-10-3-11-23-48/h1-42H. The van der Waals surface area contributed by atoms with Gasteiger partial charge in [-0.05, 0) is 146 Å². The second-order valence-electron chi connectivity index (χ2n) is 15.7. The van der Waals surface area contributed by atoms with Crippen LogP contribution in [0.1, 0.15) is 0 Å². The Bertz CT molecular complexity index is 3210. The molecule has 0 aliphatic rings. The van der Waals surface area contributed by atoms with E-state index >= 15 is 0 Å². The van der Waals surface area contributed by atoms with Crippen molar-refractivity contribution in [2.75, 3.05) is 9.80 Å². The molecule has 1 aromatic heterocycles. The first-order chi connectivity index (χ1) is 31.3. The molecule has 1 heterocycles. The van der Waals surface area contributed by atoms with Crippen molar-refractivity contribution in [2.45, 2.75) is 0 Å². The molecule has 0 atom stereocenters. The molecule has 11 aromatic rings. The van der Waals surface area contributed by atoms with Crippen LogP contribution in [0.4, 0.5) is 34.1 Å². The van der Waals surface area contributed by atoms with E-state index in [1.165, 1.54) is 64.7 Å². The smallest absolute Gasteiger partial charge is 0.0462 e. The van der Waals surface area contributed by atoms with E-state index in [1.54, 1.807) is 0 Å². The van der Waals surface area contributed by atoms with Gasteiger partial charge < -0.3 is 9.80 Å². The molecule has 0 unspecified atom stereocenters. The summed E-state index contributed by atoms with van der Waals surface area (Å²) in [5, 5.41) is 4.90. The van der Waals surface area contributed by atoms with Gasteiger partial charge in [0.05, 0.1) is 0 Å². The minimum atomic E-state index is 1.11. The maximum Gasteiger partial charge on any atom is 0.0462 e. The third kappa shape index (κ3) is 7.35. The Labute approximate surface area is 372 Å². The number of benzene rings is 10. The Kier molecular flexibility index (Phi) is 10.1. The van der Waals surface area contributed by atoms with Gasteiger partial charge in [0.25, 0.3) is 0 Å². The van der Waals surface area contributed by atoms with E-state index in [1.807, 2.05) is 11.3 Å². The molecule has 2 nitrogen and oxygen atoms in total. The number of thiophene rings is 1. The van der Waals surface area contributed by atoms with Gasteiger partial charge in [0.1, 0.15) is 0 Å². The van der Waals surface area contributed by atoms with Crippen LogP contribution in [-0.2, 0) is 0 Å². The van der Waals surface area contributed by atoms with Crippen molar-refractivity contribution >= 4 is 67.0 Å². The molecule has 0 aliphatic heterocycles. The highest BCUT2D eigenvalue weighted by molar-refractivity contribution is 7.18. The van der Waals surface area contributed by atoms with Crippen molar-refractivity contribution in [3.05, 3.63) is 255 Å². The van der Waals surface area contributed by atoms with Gasteiger partial charge in [-0.2, -0.15) is 0 Å². The number of fused-ring (bicyclic) bond motifs is 2. The molecule has 0 fully saturated rings. The summed E-state index contributed by atoms with van der Waals surface area (Å²) in [5.74, 6) is 0. The van der Waals surface area contributed by atoms with Crippen LogP contribution in [0.5, 0.6) is 0 Å². The van der Waals surface area contributed by atoms with Gasteiger partial charge in [-0.3, -0.25) is 0 Å². The minimum absolute atomic E-state index is 1.11. The Balaban J connectivity index is 1.09. The summed E-state index contributed by atoms with van der Waals surface area (Å²) in [6.45, 7) is 0. The molecule has 0 saturated carbocycles. The zero-order chi connectivity index (χ0) is 42.0. The summed E-state index contributed by atoms with van der Waals surface area (Å²) in [6, 6.07) is 92.0. The van der Waals surface area contributed by atoms with Crippen LogP contribution in [0.15, 0.2) is 255 Å². The normalized spacial score (nSPS) is 11.2. The molecule has 0 amide bonds. The highest BCUT2D eigenvalue weighted by Crippen LogP contribution is 2.47. The second kappa shape index (κ2) is 16.8. The Morgan fingerprint density at radius 1 is 0.222 bits per heavy atom. The molecule has 0 saturated heterocycles. The van der Waals surface area contributed by atoms with Crippen LogP contribution in [-0.4, -0.2) is 0 Å². The first-order valence-electron chi connectivity index (χ1n) is 21.4. The predicted molar refractivity (Wildman–Crippen MR) is 270 cm³/mol. The number of para-hydroxylation sites is 4. The second-order valence-corrected chi connectivity index (χ2v) is 16.8. The topological polar surface area (TPSA) is 6.48 Å². The largest absolute Gasteiger partial charge is 0.311 e. The highest BCUT2D eigenvalue weighted by Gasteiger charge is 2.20. The van der Waals surface area contributed by atoms with E-state index in [2.05, 4.69) is 265 Å². The van der Waals surface area contributed by atoms with Crippen LogP contribution in [0.3, 0.4) is 0 Å². The third-order valence-electron chi connectivity index (χ3n) is 11.9. The van der Waals surface area contributed by atoms with Gasteiger partial charge in [-0.15, -0.1) is 11.3 Å². The zero-order valence-electron chi connectivity index (χ0n) is 34.6. The number of hydrogen-bond donors (Lipinski definition) is 0. The number of nitrogens with zero attached hydrogens (tertiary/aromatic N) is 2. The van der Waals surface area contributed by atoms with E-state index in [0.29, 0.717) is 0 Å². The van der Waals surface area contributed by atoms with Gasteiger partial charge in [-0.25, -0.2) is 0 Å². The van der Waals surface area contributed by atoms with Crippen LogP contribution in [0.2, 0.25) is 0 Å². The number of anilines is 6. The monoisotopic (exact) mass is 822 g/mol. The number of hydrogen-bond acceptors (Lipinski definition) is 3.